The van der Waals surface area contributed by atoms with Crippen molar-refractivity contribution in [2.75, 3.05) is 0 Å². The van der Waals surface area contributed by atoms with Gasteiger partial charge in [-0.05, 0) is 37.0 Å². The molecule has 20 heavy (non-hydrogen) atoms. The molecule has 0 aromatic heterocycles. The van der Waals surface area contributed by atoms with Crippen molar-refractivity contribution in [2.24, 2.45) is 5.73 Å². The Morgan fingerprint density at radius 1 is 1.25 bits per heavy atom. The van der Waals surface area contributed by atoms with Gasteiger partial charge in [0.15, 0.2) is 0 Å². The topological polar surface area (TPSA) is 55.1 Å². The van der Waals surface area contributed by atoms with Gasteiger partial charge in [0.1, 0.15) is 0 Å². The monoisotopic (exact) mass is 286 g/mol. The third kappa shape index (κ3) is 3.72. The number of amides is 1. The molecule has 2 unspecified atom stereocenters. The average molecular weight is 286 g/mol. The number of rotatable bonds is 3. The van der Waals surface area contributed by atoms with Gasteiger partial charge in [0, 0.05) is 12.1 Å². The molecule has 0 aliphatic heterocycles. The number of hydrogen-bond donors (Lipinski definition) is 2. The van der Waals surface area contributed by atoms with Crippen LogP contribution in [-0.2, 0) is 17.4 Å². The van der Waals surface area contributed by atoms with Crippen LogP contribution in [0.2, 0.25) is 0 Å². The second-order valence-electron chi connectivity index (χ2n) is 5.14. The molecule has 2 atom stereocenters. The lowest BCUT2D eigenvalue weighted by molar-refractivity contribution is -0.137. The first-order chi connectivity index (χ1) is 9.36. The molecule has 0 heterocycles. The minimum Gasteiger partial charge on any atom is -0.352 e. The summed E-state index contributed by atoms with van der Waals surface area (Å²) in [7, 11) is 0. The second kappa shape index (κ2) is 5.83. The van der Waals surface area contributed by atoms with Crippen molar-refractivity contribution in [3.8, 4) is 0 Å². The van der Waals surface area contributed by atoms with Gasteiger partial charge in [-0.3, -0.25) is 4.79 Å². The third-order valence-electron chi connectivity index (χ3n) is 3.56. The van der Waals surface area contributed by atoms with Crippen LogP contribution in [0, 0.1) is 0 Å². The molecule has 3 N–H and O–H groups in total. The van der Waals surface area contributed by atoms with E-state index in [4.69, 9.17) is 5.73 Å². The van der Waals surface area contributed by atoms with E-state index in [1.165, 1.54) is 12.1 Å². The van der Waals surface area contributed by atoms with Gasteiger partial charge in [-0.15, -0.1) is 0 Å². The van der Waals surface area contributed by atoms with E-state index in [-0.39, 0.29) is 24.4 Å². The smallest absolute Gasteiger partial charge is 0.352 e. The highest BCUT2D eigenvalue weighted by Gasteiger charge is 2.30. The molecule has 6 heteroatoms. The largest absolute Gasteiger partial charge is 0.416 e. The van der Waals surface area contributed by atoms with Crippen molar-refractivity contribution >= 4 is 5.91 Å². The zero-order chi connectivity index (χ0) is 14.8. The summed E-state index contributed by atoms with van der Waals surface area (Å²) in [5, 5.41) is 2.84. The SMILES string of the molecule is NC1CCCC1NC(=O)Cc1ccc(C(F)(F)F)cc1. The van der Waals surface area contributed by atoms with Gasteiger partial charge in [0.2, 0.25) is 5.91 Å². The molecule has 1 amide bonds. The molecular weight excluding hydrogens is 269 g/mol. The Morgan fingerprint density at radius 3 is 2.40 bits per heavy atom. The van der Waals surface area contributed by atoms with Crippen LogP contribution in [0.1, 0.15) is 30.4 Å². The van der Waals surface area contributed by atoms with Crippen molar-refractivity contribution in [3.05, 3.63) is 35.4 Å². The lowest BCUT2D eigenvalue weighted by atomic mass is 10.1. The maximum Gasteiger partial charge on any atom is 0.416 e. The van der Waals surface area contributed by atoms with Gasteiger partial charge in [-0.25, -0.2) is 0 Å². The Labute approximate surface area is 115 Å². The number of hydrogen-bond acceptors (Lipinski definition) is 2. The van der Waals surface area contributed by atoms with E-state index >= 15 is 0 Å². The van der Waals surface area contributed by atoms with E-state index in [9.17, 15) is 18.0 Å². The summed E-state index contributed by atoms with van der Waals surface area (Å²) in [5.74, 6) is -0.202. The number of benzene rings is 1. The number of halogens is 3. The lowest BCUT2D eigenvalue weighted by Crippen LogP contribution is -2.44. The first-order valence-electron chi connectivity index (χ1n) is 6.57. The van der Waals surface area contributed by atoms with Crippen LogP contribution in [-0.4, -0.2) is 18.0 Å². The Morgan fingerprint density at radius 2 is 1.90 bits per heavy atom. The number of carbonyl (C=O) groups is 1. The third-order valence-corrected chi connectivity index (χ3v) is 3.56. The molecule has 0 spiro atoms. The van der Waals surface area contributed by atoms with Crippen LogP contribution in [0.5, 0.6) is 0 Å². The molecule has 1 fully saturated rings. The first-order valence-corrected chi connectivity index (χ1v) is 6.57. The van der Waals surface area contributed by atoms with Gasteiger partial charge in [-0.2, -0.15) is 13.2 Å². The highest BCUT2D eigenvalue weighted by Crippen LogP contribution is 2.29. The van der Waals surface area contributed by atoms with Gasteiger partial charge < -0.3 is 11.1 Å². The van der Waals surface area contributed by atoms with Crippen molar-refractivity contribution in [3.63, 3.8) is 0 Å². The zero-order valence-corrected chi connectivity index (χ0v) is 10.9. The summed E-state index contributed by atoms with van der Waals surface area (Å²) < 4.78 is 37.2. The predicted octanol–water partition coefficient (Wildman–Crippen LogP) is 2.24. The lowest BCUT2D eigenvalue weighted by Gasteiger charge is -2.17. The molecule has 2 rings (SSSR count). The Hall–Kier alpha value is -1.56. The number of carbonyl (C=O) groups excluding carboxylic acids is 1. The maximum absolute atomic E-state index is 12.4. The van der Waals surface area contributed by atoms with E-state index in [2.05, 4.69) is 5.32 Å². The van der Waals surface area contributed by atoms with Crippen molar-refractivity contribution in [1.29, 1.82) is 0 Å². The van der Waals surface area contributed by atoms with Crippen LogP contribution < -0.4 is 11.1 Å². The normalized spacial score (nSPS) is 22.8. The molecule has 1 aliphatic rings. The van der Waals surface area contributed by atoms with Crippen molar-refractivity contribution < 1.29 is 18.0 Å². The van der Waals surface area contributed by atoms with E-state index in [1.54, 1.807) is 0 Å². The Kier molecular flexibility index (Phi) is 4.32. The average Bonchev–Trinajstić information content (AvgIpc) is 2.74. The maximum atomic E-state index is 12.4. The minimum absolute atomic E-state index is 0.0167. The molecule has 0 saturated heterocycles. The van der Waals surface area contributed by atoms with Crippen molar-refractivity contribution in [2.45, 2.75) is 43.9 Å². The number of nitrogens with one attached hydrogen (secondary N) is 1. The quantitative estimate of drug-likeness (QED) is 0.895. The van der Waals surface area contributed by atoms with E-state index in [0.29, 0.717) is 5.56 Å². The molecular formula is C14H17F3N2O. The van der Waals surface area contributed by atoms with Crippen LogP contribution in [0.3, 0.4) is 0 Å². The molecule has 3 nitrogen and oxygen atoms in total. The fourth-order valence-electron chi connectivity index (χ4n) is 2.42. The van der Waals surface area contributed by atoms with Gasteiger partial charge in [-0.1, -0.05) is 12.1 Å². The fourth-order valence-corrected chi connectivity index (χ4v) is 2.42. The summed E-state index contributed by atoms with van der Waals surface area (Å²) in [6.07, 6.45) is -1.53. The minimum atomic E-state index is -4.35. The standard InChI is InChI=1S/C14H17F3N2O/c15-14(16,17)10-6-4-9(5-7-10)8-13(20)19-12-3-1-2-11(12)18/h4-7,11-12H,1-3,8,18H2,(H,19,20). The molecule has 1 aliphatic carbocycles. The van der Waals surface area contributed by atoms with Gasteiger partial charge in [0.05, 0.1) is 12.0 Å². The molecule has 0 bridgehead atoms. The van der Waals surface area contributed by atoms with Crippen LogP contribution >= 0.6 is 0 Å². The number of nitrogens with two attached hydrogens (primary N) is 1. The predicted molar refractivity (Wildman–Crippen MR) is 68.9 cm³/mol. The number of alkyl halides is 3. The highest BCUT2D eigenvalue weighted by molar-refractivity contribution is 5.79. The second-order valence-corrected chi connectivity index (χ2v) is 5.14. The summed E-state index contributed by atoms with van der Waals surface area (Å²) in [6.45, 7) is 0. The highest BCUT2D eigenvalue weighted by atomic mass is 19.4. The van der Waals surface area contributed by atoms with Crippen LogP contribution in [0.4, 0.5) is 13.2 Å². The van der Waals surface area contributed by atoms with Crippen LogP contribution in [0.25, 0.3) is 0 Å². The van der Waals surface area contributed by atoms with E-state index < -0.39 is 11.7 Å². The zero-order valence-electron chi connectivity index (χ0n) is 10.9. The van der Waals surface area contributed by atoms with Crippen molar-refractivity contribution in [1.82, 2.24) is 5.32 Å². The fraction of sp³-hybridized carbons (Fsp3) is 0.500. The molecule has 1 saturated carbocycles. The molecule has 110 valence electrons. The van der Waals surface area contributed by atoms with E-state index in [1.807, 2.05) is 0 Å². The summed E-state index contributed by atoms with van der Waals surface area (Å²) in [6, 6.07) is 4.60. The van der Waals surface area contributed by atoms with Gasteiger partial charge >= 0.3 is 6.18 Å². The first kappa shape index (κ1) is 14.8. The summed E-state index contributed by atoms with van der Waals surface area (Å²) >= 11 is 0. The van der Waals surface area contributed by atoms with E-state index in [0.717, 1.165) is 31.4 Å². The molecule has 1 aromatic rings. The molecule has 1 aromatic carbocycles. The van der Waals surface area contributed by atoms with Gasteiger partial charge in [0.25, 0.3) is 0 Å². The summed E-state index contributed by atoms with van der Waals surface area (Å²) in [4.78, 5) is 11.8. The molecule has 0 radical (unpaired) electrons. The summed E-state index contributed by atoms with van der Waals surface area (Å²) in [5.41, 5.74) is 5.70. The van der Waals surface area contributed by atoms with Crippen LogP contribution in [0.15, 0.2) is 24.3 Å². The Bertz CT molecular complexity index is 470. The Balaban J connectivity index is 1.91.